The first-order valence-electron chi connectivity index (χ1n) is 4.52. The first kappa shape index (κ1) is 10.7. The van der Waals surface area contributed by atoms with Crippen LogP contribution in [0.2, 0.25) is 0 Å². The van der Waals surface area contributed by atoms with Crippen molar-refractivity contribution in [3.05, 3.63) is 17.5 Å². The van der Waals surface area contributed by atoms with E-state index in [2.05, 4.69) is 5.10 Å². The van der Waals surface area contributed by atoms with Crippen LogP contribution in [0, 0.1) is 0 Å². The predicted molar refractivity (Wildman–Crippen MR) is 51.8 cm³/mol. The molecule has 0 saturated heterocycles. The number of hydrogen-bond acceptors (Lipinski definition) is 4. The van der Waals surface area contributed by atoms with E-state index in [1.807, 2.05) is 0 Å². The Hall–Kier alpha value is -1.36. The Kier molecular flexibility index (Phi) is 3.24. The van der Waals surface area contributed by atoms with E-state index in [1.165, 1.54) is 0 Å². The molecular formula is C9H15N3O2. The normalized spacial score (nSPS) is 12.6. The third-order valence-electron chi connectivity index (χ3n) is 1.82. The van der Waals surface area contributed by atoms with E-state index in [1.54, 1.807) is 31.8 Å². The molecule has 1 atom stereocenters. The molecule has 0 bridgehead atoms. The van der Waals surface area contributed by atoms with Gasteiger partial charge in [-0.15, -0.1) is 0 Å². The Balaban J connectivity index is 3.00. The summed E-state index contributed by atoms with van der Waals surface area (Å²) >= 11 is 0. The van der Waals surface area contributed by atoms with Crippen LogP contribution >= 0.6 is 0 Å². The largest absolute Gasteiger partial charge is 0.461 e. The van der Waals surface area contributed by atoms with Crippen LogP contribution in [-0.2, 0) is 11.8 Å². The average molecular weight is 197 g/mol. The summed E-state index contributed by atoms with van der Waals surface area (Å²) in [6.45, 7) is 3.90. The van der Waals surface area contributed by atoms with Crippen molar-refractivity contribution in [2.75, 3.05) is 6.61 Å². The lowest BCUT2D eigenvalue weighted by atomic mass is 10.1. The summed E-state index contributed by atoms with van der Waals surface area (Å²) in [6, 6.07) is -0.219. The number of nitrogens with zero attached hydrogens (tertiary/aromatic N) is 2. The van der Waals surface area contributed by atoms with Gasteiger partial charge in [-0.2, -0.15) is 5.10 Å². The number of carbonyl (C=O) groups is 1. The van der Waals surface area contributed by atoms with Crippen molar-refractivity contribution >= 4 is 5.97 Å². The molecule has 0 aliphatic carbocycles. The van der Waals surface area contributed by atoms with Crippen LogP contribution in [0.15, 0.2) is 6.20 Å². The Morgan fingerprint density at radius 1 is 1.79 bits per heavy atom. The standard InChI is InChI=1S/C9H15N3O2/c1-4-14-9(13)8-7(6(2)10)5-12(3)11-8/h5-6H,4,10H2,1-3H3. The molecular weight excluding hydrogens is 182 g/mol. The second kappa shape index (κ2) is 4.23. The van der Waals surface area contributed by atoms with Gasteiger partial charge in [0.05, 0.1) is 6.61 Å². The summed E-state index contributed by atoms with van der Waals surface area (Å²) < 4.78 is 6.42. The second-order valence-corrected chi connectivity index (χ2v) is 3.12. The molecule has 0 aliphatic heterocycles. The van der Waals surface area contributed by atoms with Crippen molar-refractivity contribution in [3.8, 4) is 0 Å². The van der Waals surface area contributed by atoms with Gasteiger partial charge in [0.2, 0.25) is 0 Å². The molecule has 1 rings (SSSR count). The molecule has 5 nitrogen and oxygen atoms in total. The Morgan fingerprint density at radius 3 is 2.93 bits per heavy atom. The van der Waals surface area contributed by atoms with Gasteiger partial charge >= 0.3 is 5.97 Å². The van der Waals surface area contributed by atoms with Crippen molar-refractivity contribution < 1.29 is 9.53 Å². The highest BCUT2D eigenvalue weighted by molar-refractivity contribution is 5.89. The fourth-order valence-corrected chi connectivity index (χ4v) is 1.20. The zero-order valence-corrected chi connectivity index (χ0v) is 8.65. The number of nitrogens with two attached hydrogens (primary N) is 1. The van der Waals surface area contributed by atoms with Crippen molar-refractivity contribution in [1.82, 2.24) is 9.78 Å². The van der Waals surface area contributed by atoms with E-state index in [9.17, 15) is 4.79 Å². The van der Waals surface area contributed by atoms with Gasteiger partial charge in [-0.3, -0.25) is 4.68 Å². The summed E-state index contributed by atoms with van der Waals surface area (Å²) in [6.07, 6.45) is 1.73. The highest BCUT2D eigenvalue weighted by Crippen LogP contribution is 2.14. The number of esters is 1. The van der Waals surface area contributed by atoms with Gasteiger partial charge in [-0.1, -0.05) is 0 Å². The molecule has 0 saturated carbocycles. The SMILES string of the molecule is CCOC(=O)c1nn(C)cc1C(C)N. The third-order valence-corrected chi connectivity index (χ3v) is 1.82. The molecule has 78 valence electrons. The first-order valence-corrected chi connectivity index (χ1v) is 4.52. The Labute approximate surface area is 82.8 Å². The van der Waals surface area contributed by atoms with Gasteiger partial charge in [-0.05, 0) is 13.8 Å². The van der Waals surface area contributed by atoms with Crippen molar-refractivity contribution in [1.29, 1.82) is 0 Å². The van der Waals surface area contributed by atoms with E-state index < -0.39 is 5.97 Å². The zero-order valence-electron chi connectivity index (χ0n) is 8.65. The van der Waals surface area contributed by atoms with Gasteiger partial charge in [0.15, 0.2) is 5.69 Å². The van der Waals surface area contributed by atoms with Crippen LogP contribution in [0.3, 0.4) is 0 Å². The van der Waals surface area contributed by atoms with Gasteiger partial charge in [-0.25, -0.2) is 4.79 Å². The minimum absolute atomic E-state index is 0.219. The van der Waals surface area contributed by atoms with E-state index in [0.717, 1.165) is 0 Å². The first-order chi connectivity index (χ1) is 6.56. The molecule has 0 radical (unpaired) electrons. The Morgan fingerprint density at radius 2 is 2.43 bits per heavy atom. The highest BCUT2D eigenvalue weighted by atomic mass is 16.5. The van der Waals surface area contributed by atoms with Crippen molar-refractivity contribution in [2.45, 2.75) is 19.9 Å². The molecule has 1 unspecified atom stereocenters. The summed E-state index contributed by atoms with van der Waals surface area (Å²) in [5, 5.41) is 4.01. The summed E-state index contributed by atoms with van der Waals surface area (Å²) in [5.41, 5.74) is 6.72. The molecule has 0 spiro atoms. The summed E-state index contributed by atoms with van der Waals surface area (Å²) in [4.78, 5) is 11.4. The number of aromatic nitrogens is 2. The van der Waals surface area contributed by atoms with Crippen LogP contribution in [0.1, 0.15) is 35.9 Å². The lowest BCUT2D eigenvalue weighted by Gasteiger charge is -2.04. The maximum atomic E-state index is 11.4. The molecule has 0 fully saturated rings. The minimum Gasteiger partial charge on any atom is -0.461 e. The van der Waals surface area contributed by atoms with Crippen LogP contribution in [-0.4, -0.2) is 22.4 Å². The lowest BCUT2D eigenvalue weighted by molar-refractivity contribution is 0.0517. The predicted octanol–water partition coefficient (Wildman–Crippen LogP) is 0.617. The summed E-state index contributed by atoms with van der Waals surface area (Å²) in [5.74, 6) is -0.416. The number of rotatable bonds is 3. The number of hydrogen-bond donors (Lipinski definition) is 1. The fraction of sp³-hybridized carbons (Fsp3) is 0.556. The topological polar surface area (TPSA) is 70.1 Å². The quantitative estimate of drug-likeness (QED) is 0.721. The summed E-state index contributed by atoms with van der Waals surface area (Å²) in [7, 11) is 1.74. The van der Waals surface area contributed by atoms with E-state index in [0.29, 0.717) is 17.9 Å². The van der Waals surface area contributed by atoms with E-state index in [-0.39, 0.29) is 6.04 Å². The number of carbonyl (C=O) groups excluding carboxylic acids is 1. The Bertz CT molecular complexity index is 331. The molecule has 14 heavy (non-hydrogen) atoms. The highest BCUT2D eigenvalue weighted by Gasteiger charge is 2.19. The number of ether oxygens (including phenoxy) is 1. The lowest BCUT2D eigenvalue weighted by Crippen LogP contribution is -2.13. The van der Waals surface area contributed by atoms with Gasteiger partial charge in [0, 0.05) is 24.8 Å². The molecule has 0 aliphatic rings. The molecule has 0 aromatic carbocycles. The molecule has 1 aromatic rings. The number of aryl methyl sites for hydroxylation is 1. The fourth-order valence-electron chi connectivity index (χ4n) is 1.20. The van der Waals surface area contributed by atoms with Gasteiger partial charge < -0.3 is 10.5 Å². The molecule has 1 aromatic heterocycles. The minimum atomic E-state index is -0.416. The monoisotopic (exact) mass is 197 g/mol. The van der Waals surface area contributed by atoms with Crippen LogP contribution < -0.4 is 5.73 Å². The van der Waals surface area contributed by atoms with Crippen LogP contribution in [0.25, 0.3) is 0 Å². The maximum Gasteiger partial charge on any atom is 0.359 e. The van der Waals surface area contributed by atoms with E-state index >= 15 is 0 Å². The average Bonchev–Trinajstić information content (AvgIpc) is 2.48. The maximum absolute atomic E-state index is 11.4. The van der Waals surface area contributed by atoms with Crippen molar-refractivity contribution in [3.63, 3.8) is 0 Å². The van der Waals surface area contributed by atoms with Gasteiger partial charge in [0.25, 0.3) is 0 Å². The molecule has 2 N–H and O–H groups in total. The van der Waals surface area contributed by atoms with Crippen molar-refractivity contribution in [2.24, 2.45) is 12.8 Å². The molecule has 1 heterocycles. The zero-order chi connectivity index (χ0) is 10.7. The smallest absolute Gasteiger partial charge is 0.359 e. The third kappa shape index (κ3) is 2.11. The van der Waals surface area contributed by atoms with Gasteiger partial charge in [0.1, 0.15) is 0 Å². The second-order valence-electron chi connectivity index (χ2n) is 3.12. The molecule has 5 heteroatoms. The van der Waals surface area contributed by atoms with Crippen LogP contribution in [0.5, 0.6) is 0 Å². The molecule has 0 amide bonds. The van der Waals surface area contributed by atoms with Crippen LogP contribution in [0.4, 0.5) is 0 Å². The van der Waals surface area contributed by atoms with E-state index in [4.69, 9.17) is 10.5 Å².